The second-order valence-electron chi connectivity index (χ2n) is 9.02. The molecule has 154 valence electrons. The van der Waals surface area contributed by atoms with Gasteiger partial charge in [-0.25, -0.2) is 8.70 Å². The van der Waals surface area contributed by atoms with Gasteiger partial charge in [-0.3, -0.25) is 9.31 Å². The van der Waals surface area contributed by atoms with Crippen molar-refractivity contribution in [1.82, 2.24) is 14.5 Å². The van der Waals surface area contributed by atoms with Crippen molar-refractivity contribution in [2.24, 2.45) is 11.3 Å². The molecular formula is C20H27ClFN3O2S. The molecule has 0 amide bonds. The van der Waals surface area contributed by atoms with Gasteiger partial charge in [-0.1, -0.05) is 25.4 Å². The highest BCUT2D eigenvalue weighted by atomic mass is 35.5. The van der Waals surface area contributed by atoms with Crippen LogP contribution in [0, 0.1) is 17.2 Å². The molecule has 1 aromatic carbocycles. The first kappa shape index (κ1) is 20.1. The van der Waals surface area contributed by atoms with E-state index in [9.17, 15) is 13.7 Å². The molecule has 5 atom stereocenters. The van der Waals surface area contributed by atoms with E-state index in [-0.39, 0.29) is 28.6 Å². The van der Waals surface area contributed by atoms with Gasteiger partial charge in [0.05, 0.1) is 22.8 Å². The van der Waals surface area contributed by atoms with Gasteiger partial charge in [0.2, 0.25) is 0 Å². The summed E-state index contributed by atoms with van der Waals surface area (Å²) in [6, 6.07) is 1.91. The smallest absolute Gasteiger partial charge is 0.149 e. The summed E-state index contributed by atoms with van der Waals surface area (Å²) in [5, 5.41) is 18.8. The summed E-state index contributed by atoms with van der Waals surface area (Å²) < 4.78 is 29.6. The summed E-state index contributed by atoms with van der Waals surface area (Å²) in [7, 11) is -2.26. The Morgan fingerprint density at radius 1 is 1.43 bits per heavy atom. The van der Waals surface area contributed by atoms with Crippen molar-refractivity contribution in [3.05, 3.63) is 28.7 Å². The Kier molecular flexibility index (Phi) is 4.81. The van der Waals surface area contributed by atoms with Crippen LogP contribution in [0.5, 0.6) is 0 Å². The van der Waals surface area contributed by atoms with Gasteiger partial charge in [0.1, 0.15) is 5.82 Å². The fourth-order valence-electron chi connectivity index (χ4n) is 5.28. The van der Waals surface area contributed by atoms with E-state index in [0.717, 1.165) is 25.7 Å². The molecule has 4 rings (SSSR count). The van der Waals surface area contributed by atoms with Crippen molar-refractivity contribution in [1.29, 1.82) is 0 Å². The lowest BCUT2D eigenvalue weighted by Crippen LogP contribution is -2.49. The highest BCUT2D eigenvalue weighted by molar-refractivity contribution is 7.97. The van der Waals surface area contributed by atoms with Crippen LogP contribution in [0.2, 0.25) is 5.02 Å². The van der Waals surface area contributed by atoms with Gasteiger partial charge in [0.15, 0.2) is 0 Å². The van der Waals surface area contributed by atoms with Crippen LogP contribution in [-0.2, 0) is 9.71 Å². The molecule has 2 saturated heterocycles. The number of halogens is 2. The van der Waals surface area contributed by atoms with Crippen LogP contribution >= 0.6 is 11.6 Å². The zero-order valence-electron chi connectivity index (χ0n) is 16.4. The number of rotatable bonds is 4. The number of aliphatic hydroxyl groups is 1. The molecule has 0 radical (unpaired) electrons. The first-order valence-corrected chi connectivity index (χ1v) is 12.1. The van der Waals surface area contributed by atoms with Crippen LogP contribution in [0.3, 0.4) is 0 Å². The molecule has 3 heterocycles. The third-order valence-corrected chi connectivity index (χ3v) is 8.57. The number of H-pyrrole nitrogens is 1. The van der Waals surface area contributed by atoms with Gasteiger partial charge >= 0.3 is 0 Å². The molecule has 2 bridgehead atoms. The van der Waals surface area contributed by atoms with Crippen LogP contribution in [0.15, 0.2) is 12.3 Å². The predicted molar refractivity (Wildman–Crippen MR) is 112 cm³/mol. The van der Waals surface area contributed by atoms with Crippen LogP contribution < -0.4 is 0 Å². The van der Waals surface area contributed by atoms with Gasteiger partial charge < -0.3 is 5.11 Å². The van der Waals surface area contributed by atoms with E-state index < -0.39 is 27.0 Å². The van der Waals surface area contributed by atoms with Gasteiger partial charge in [0, 0.05) is 39.0 Å². The molecule has 3 unspecified atom stereocenters. The summed E-state index contributed by atoms with van der Waals surface area (Å²) >= 11 is 6.08. The van der Waals surface area contributed by atoms with Crippen LogP contribution in [0.25, 0.3) is 10.9 Å². The standard InChI is InChI=1S/C20H27ClFN3O2S/c1-20(2,12-8-13-5-6-14(9-12)25(13)28(3,4)27)19(26)16-17(22)15(21)7-11-10-23-24-18(11)16/h7,10,12-14,19,26H,3,5-6,8-9H2,1-2,4H3,(H,23,24)/t12?,13-,14+,19?,28?. The lowest BCUT2D eigenvalue weighted by atomic mass is 9.67. The molecule has 5 nitrogen and oxygen atoms in total. The number of aromatic amines is 1. The zero-order chi connectivity index (χ0) is 20.4. The SMILES string of the molecule is C=S(C)(=O)N1[C@@H]2CC[C@H]1CC(C(C)(C)C(O)c1c(F)c(Cl)cc3cn[nH]c13)C2. The molecule has 2 aromatic rings. The van der Waals surface area contributed by atoms with Gasteiger partial charge in [-0.15, -0.1) is 0 Å². The molecule has 0 spiro atoms. The van der Waals surface area contributed by atoms with E-state index in [1.54, 1.807) is 12.5 Å². The maximum Gasteiger partial charge on any atom is 0.149 e. The van der Waals surface area contributed by atoms with Crippen molar-refractivity contribution in [2.45, 2.75) is 57.7 Å². The van der Waals surface area contributed by atoms with Crippen LogP contribution in [0.1, 0.15) is 51.2 Å². The Hall–Kier alpha value is -1.15. The Labute approximate surface area is 170 Å². The molecule has 0 aliphatic carbocycles. The summed E-state index contributed by atoms with van der Waals surface area (Å²) in [4.78, 5) is 0. The van der Waals surface area contributed by atoms with Crippen molar-refractivity contribution >= 4 is 38.1 Å². The molecule has 0 saturated carbocycles. The Morgan fingerprint density at radius 2 is 2.04 bits per heavy atom. The van der Waals surface area contributed by atoms with Crippen molar-refractivity contribution in [3.8, 4) is 0 Å². The summed E-state index contributed by atoms with van der Waals surface area (Å²) in [6.07, 6.45) is 5.85. The number of piperidine rings is 1. The Balaban J connectivity index is 1.69. The summed E-state index contributed by atoms with van der Waals surface area (Å²) in [5.74, 6) is 3.44. The minimum atomic E-state index is -2.26. The second kappa shape index (κ2) is 6.69. The Bertz CT molecular complexity index is 1010. The average molecular weight is 428 g/mol. The normalized spacial score (nSPS) is 29.1. The Morgan fingerprint density at radius 3 is 2.61 bits per heavy atom. The first-order chi connectivity index (χ1) is 13.0. The topological polar surface area (TPSA) is 69.2 Å². The molecule has 2 N–H and O–H groups in total. The van der Waals surface area contributed by atoms with Crippen LogP contribution in [-0.4, -0.2) is 48.0 Å². The van der Waals surface area contributed by atoms with Gasteiger partial charge in [-0.05, 0) is 49.0 Å². The fraction of sp³-hybridized carbons (Fsp3) is 0.600. The molecule has 2 aliphatic heterocycles. The highest BCUT2D eigenvalue weighted by Gasteiger charge is 2.49. The number of nitrogens with zero attached hydrogens (tertiary/aromatic N) is 2. The molecule has 1 aromatic heterocycles. The van der Waals surface area contributed by atoms with E-state index in [1.807, 2.05) is 13.8 Å². The number of hydrogen-bond acceptors (Lipinski definition) is 3. The quantitative estimate of drug-likeness (QED) is 0.726. The second-order valence-corrected chi connectivity index (χ2v) is 11.8. The van der Waals surface area contributed by atoms with Gasteiger partial charge in [-0.2, -0.15) is 5.10 Å². The molecule has 8 heteroatoms. The highest BCUT2D eigenvalue weighted by Crippen LogP contribution is 2.52. The van der Waals surface area contributed by atoms with Crippen molar-refractivity contribution in [2.75, 3.05) is 6.26 Å². The fourth-order valence-corrected chi connectivity index (χ4v) is 7.15. The summed E-state index contributed by atoms with van der Waals surface area (Å²) in [6.45, 7) is 3.96. The van der Waals surface area contributed by atoms with Crippen molar-refractivity contribution < 1.29 is 13.7 Å². The number of benzene rings is 1. The van der Waals surface area contributed by atoms with E-state index in [1.165, 1.54) is 6.07 Å². The minimum absolute atomic E-state index is 0.0172. The first-order valence-electron chi connectivity index (χ1n) is 9.61. The largest absolute Gasteiger partial charge is 0.388 e. The monoisotopic (exact) mass is 427 g/mol. The lowest BCUT2D eigenvalue weighted by Gasteiger charge is -2.47. The third-order valence-electron chi connectivity index (χ3n) is 6.81. The number of nitrogens with one attached hydrogen (secondary N) is 1. The predicted octanol–water partition coefficient (Wildman–Crippen LogP) is 3.92. The van der Waals surface area contributed by atoms with E-state index in [2.05, 4.69) is 20.4 Å². The number of fused-ring (bicyclic) bond motifs is 3. The molecule has 2 fully saturated rings. The maximum atomic E-state index is 14.9. The van der Waals surface area contributed by atoms with E-state index >= 15 is 0 Å². The minimum Gasteiger partial charge on any atom is -0.388 e. The van der Waals surface area contributed by atoms with Crippen LogP contribution in [0.4, 0.5) is 4.39 Å². The lowest BCUT2D eigenvalue weighted by molar-refractivity contribution is -0.0234. The molecule has 2 aliphatic rings. The van der Waals surface area contributed by atoms with E-state index in [0.29, 0.717) is 10.9 Å². The van der Waals surface area contributed by atoms with Gasteiger partial charge in [0.25, 0.3) is 0 Å². The van der Waals surface area contributed by atoms with E-state index in [4.69, 9.17) is 11.6 Å². The number of aliphatic hydroxyl groups excluding tert-OH is 1. The molecular weight excluding hydrogens is 401 g/mol. The average Bonchev–Trinajstić information content (AvgIpc) is 3.17. The zero-order valence-corrected chi connectivity index (χ0v) is 18.0. The third kappa shape index (κ3) is 3.07. The maximum absolute atomic E-state index is 14.9. The number of hydrogen-bond donors (Lipinski definition) is 2. The number of aromatic nitrogens is 2. The van der Waals surface area contributed by atoms with Crippen molar-refractivity contribution in [3.63, 3.8) is 0 Å². The molecule has 28 heavy (non-hydrogen) atoms. The summed E-state index contributed by atoms with van der Waals surface area (Å²) in [5.41, 5.74) is 0.0696.